The first kappa shape index (κ1) is 16.7. The lowest BCUT2D eigenvalue weighted by atomic mass is 10.0. The van der Waals surface area contributed by atoms with Crippen molar-refractivity contribution in [2.24, 2.45) is 11.7 Å². The molecule has 0 heterocycles. The lowest BCUT2D eigenvalue weighted by molar-refractivity contribution is -0.124. The summed E-state index contributed by atoms with van der Waals surface area (Å²) in [5.41, 5.74) is 6.69. The number of hydrogen-bond acceptors (Lipinski definition) is 3. The van der Waals surface area contributed by atoms with E-state index in [1.54, 1.807) is 0 Å². The van der Waals surface area contributed by atoms with Crippen molar-refractivity contribution in [3.05, 3.63) is 35.9 Å². The lowest BCUT2D eigenvalue weighted by Crippen LogP contribution is -2.37. The van der Waals surface area contributed by atoms with E-state index in [0.29, 0.717) is 13.1 Å². The highest BCUT2D eigenvalue weighted by molar-refractivity contribution is 5.78. The molecule has 0 aromatic heterocycles. The maximum absolute atomic E-state index is 12.0. The van der Waals surface area contributed by atoms with Crippen molar-refractivity contribution in [1.82, 2.24) is 10.2 Å². The molecule has 1 amide bonds. The fraction of sp³-hybridized carbons (Fsp3) is 0.562. The highest BCUT2D eigenvalue weighted by atomic mass is 16.1. The minimum absolute atomic E-state index is 0.0251. The van der Waals surface area contributed by atoms with E-state index in [9.17, 15) is 4.79 Å². The van der Waals surface area contributed by atoms with E-state index in [2.05, 4.69) is 22.3 Å². The van der Waals surface area contributed by atoms with Crippen molar-refractivity contribution in [2.75, 3.05) is 27.2 Å². The third kappa shape index (κ3) is 5.31. The number of carbonyl (C=O) groups excluding carboxylic acids is 1. The Morgan fingerprint density at radius 3 is 2.50 bits per heavy atom. The van der Waals surface area contributed by atoms with Crippen molar-refractivity contribution < 1.29 is 4.79 Å². The smallest absolute Gasteiger partial charge is 0.222 e. The van der Waals surface area contributed by atoms with Gasteiger partial charge in [0.25, 0.3) is 0 Å². The topological polar surface area (TPSA) is 58.4 Å². The van der Waals surface area contributed by atoms with Gasteiger partial charge in [-0.3, -0.25) is 4.79 Å². The third-order valence-electron chi connectivity index (χ3n) is 3.57. The van der Waals surface area contributed by atoms with E-state index >= 15 is 0 Å². The van der Waals surface area contributed by atoms with Crippen LogP contribution in [0.5, 0.6) is 0 Å². The van der Waals surface area contributed by atoms with Crippen LogP contribution in [0.1, 0.15) is 31.4 Å². The van der Waals surface area contributed by atoms with Gasteiger partial charge in [0.15, 0.2) is 0 Å². The zero-order valence-corrected chi connectivity index (χ0v) is 12.8. The van der Waals surface area contributed by atoms with Crippen molar-refractivity contribution in [3.63, 3.8) is 0 Å². The first-order valence-corrected chi connectivity index (χ1v) is 7.25. The van der Waals surface area contributed by atoms with Crippen LogP contribution in [0.25, 0.3) is 0 Å². The largest absolute Gasteiger partial charge is 0.354 e. The van der Waals surface area contributed by atoms with Gasteiger partial charge in [-0.2, -0.15) is 0 Å². The normalized spacial score (nSPS) is 14.1. The Labute approximate surface area is 122 Å². The Bertz CT molecular complexity index is 392. The highest BCUT2D eigenvalue weighted by Gasteiger charge is 2.17. The number of nitrogens with two attached hydrogens (primary N) is 1. The van der Waals surface area contributed by atoms with Gasteiger partial charge in [-0.25, -0.2) is 0 Å². The van der Waals surface area contributed by atoms with Gasteiger partial charge in [-0.1, -0.05) is 37.3 Å². The van der Waals surface area contributed by atoms with Gasteiger partial charge >= 0.3 is 0 Å². The predicted octanol–water partition coefficient (Wildman–Crippen LogP) is 1.78. The first-order valence-electron chi connectivity index (χ1n) is 7.25. The Kier molecular flexibility index (Phi) is 7.26. The van der Waals surface area contributed by atoms with Crippen LogP contribution in [-0.2, 0) is 4.79 Å². The summed E-state index contributed by atoms with van der Waals surface area (Å²) >= 11 is 0. The maximum atomic E-state index is 12.0. The molecule has 1 rings (SSSR count). The van der Waals surface area contributed by atoms with Crippen LogP contribution < -0.4 is 11.1 Å². The molecular weight excluding hydrogens is 250 g/mol. The summed E-state index contributed by atoms with van der Waals surface area (Å²) in [5.74, 6) is 0.137. The summed E-state index contributed by atoms with van der Waals surface area (Å²) in [5, 5.41) is 3.05. The number of rotatable bonds is 8. The molecule has 1 aromatic carbocycles. The van der Waals surface area contributed by atoms with Crippen molar-refractivity contribution in [1.29, 1.82) is 0 Å². The average molecular weight is 277 g/mol. The van der Waals surface area contributed by atoms with E-state index in [-0.39, 0.29) is 17.9 Å². The SMILES string of the molecule is CC(CCCN)C(=O)NCC(c1ccccc1)N(C)C. The van der Waals surface area contributed by atoms with E-state index in [0.717, 1.165) is 12.8 Å². The van der Waals surface area contributed by atoms with Crippen LogP contribution in [-0.4, -0.2) is 38.0 Å². The first-order chi connectivity index (χ1) is 9.56. The van der Waals surface area contributed by atoms with Crippen molar-refractivity contribution >= 4 is 5.91 Å². The number of benzene rings is 1. The van der Waals surface area contributed by atoms with Gasteiger partial charge in [0.2, 0.25) is 5.91 Å². The van der Waals surface area contributed by atoms with Gasteiger partial charge < -0.3 is 16.0 Å². The average Bonchev–Trinajstić information content (AvgIpc) is 2.45. The molecule has 2 atom stereocenters. The summed E-state index contributed by atoms with van der Waals surface area (Å²) in [7, 11) is 4.06. The van der Waals surface area contributed by atoms with E-state index < -0.39 is 0 Å². The lowest BCUT2D eigenvalue weighted by Gasteiger charge is -2.25. The van der Waals surface area contributed by atoms with Crippen molar-refractivity contribution in [3.8, 4) is 0 Å². The molecule has 0 aliphatic carbocycles. The molecule has 20 heavy (non-hydrogen) atoms. The third-order valence-corrected chi connectivity index (χ3v) is 3.57. The molecule has 0 bridgehead atoms. The number of nitrogens with zero attached hydrogens (tertiary/aromatic N) is 1. The molecule has 3 N–H and O–H groups in total. The zero-order chi connectivity index (χ0) is 15.0. The number of nitrogens with one attached hydrogen (secondary N) is 1. The molecule has 0 radical (unpaired) electrons. The molecule has 0 spiro atoms. The minimum atomic E-state index is 0.0251. The molecule has 0 saturated carbocycles. The predicted molar refractivity (Wildman–Crippen MR) is 83.3 cm³/mol. The summed E-state index contributed by atoms with van der Waals surface area (Å²) in [6.45, 7) is 3.23. The molecule has 2 unspecified atom stereocenters. The van der Waals surface area contributed by atoms with Gasteiger partial charge in [-0.05, 0) is 39.0 Å². The standard InChI is InChI=1S/C16H27N3O/c1-13(8-7-11-17)16(20)18-12-15(19(2)3)14-9-5-4-6-10-14/h4-6,9-10,13,15H,7-8,11-12,17H2,1-3H3,(H,18,20). The molecule has 4 heteroatoms. The van der Waals surface area contributed by atoms with Crippen LogP contribution >= 0.6 is 0 Å². The molecule has 0 fully saturated rings. The number of amides is 1. The quantitative estimate of drug-likeness (QED) is 0.761. The van der Waals surface area contributed by atoms with Crippen molar-refractivity contribution in [2.45, 2.75) is 25.8 Å². The summed E-state index contributed by atoms with van der Waals surface area (Å²) < 4.78 is 0. The molecule has 0 aliphatic heterocycles. The van der Waals surface area contributed by atoms with Crippen LogP contribution in [0, 0.1) is 5.92 Å². The molecular formula is C16H27N3O. The minimum Gasteiger partial charge on any atom is -0.354 e. The Morgan fingerprint density at radius 2 is 1.95 bits per heavy atom. The van der Waals surface area contributed by atoms with Gasteiger partial charge in [0, 0.05) is 12.5 Å². The Balaban J connectivity index is 2.54. The second kappa shape index (κ2) is 8.72. The summed E-state index contributed by atoms with van der Waals surface area (Å²) in [6.07, 6.45) is 1.74. The molecule has 0 saturated heterocycles. The summed E-state index contributed by atoms with van der Waals surface area (Å²) in [6, 6.07) is 10.4. The second-order valence-electron chi connectivity index (χ2n) is 5.47. The van der Waals surface area contributed by atoms with Crippen LogP contribution in [0.2, 0.25) is 0 Å². The van der Waals surface area contributed by atoms with E-state index in [4.69, 9.17) is 5.73 Å². The van der Waals surface area contributed by atoms with Gasteiger partial charge in [-0.15, -0.1) is 0 Å². The number of carbonyl (C=O) groups is 1. The van der Waals surface area contributed by atoms with E-state index in [1.165, 1.54) is 5.56 Å². The fourth-order valence-corrected chi connectivity index (χ4v) is 2.20. The zero-order valence-electron chi connectivity index (χ0n) is 12.8. The molecule has 1 aromatic rings. The highest BCUT2D eigenvalue weighted by Crippen LogP contribution is 2.17. The van der Waals surface area contributed by atoms with Crippen LogP contribution in [0.3, 0.4) is 0 Å². The maximum Gasteiger partial charge on any atom is 0.222 e. The Hall–Kier alpha value is -1.39. The molecule has 4 nitrogen and oxygen atoms in total. The van der Waals surface area contributed by atoms with E-state index in [1.807, 2.05) is 39.2 Å². The van der Waals surface area contributed by atoms with Crippen LogP contribution in [0.15, 0.2) is 30.3 Å². The number of hydrogen-bond donors (Lipinski definition) is 2. The molecule has 112 valence electrons. The molecule has 0 aliphatic rings. The van der Waals surface area contributed by atoms with Gasteiger partial charge in [0.1, 0.15) is 0 Å². The number of likely N-dealkylation sites (N-methyl/N-ethyl adjacent to an activating group) is 1. The Morgan fingerprint density at radius 1 is 1.30 bits per heavy atom. The fourth-order valence-electron chi connectivity index (χ4n) is 2.20. The second-order valence-corrected chi connectivity index (χ2v) is 5.47. The van der Waals surface area contributed by atoms with Gasteiger partial charge in [0.05, 0.1) is 6.04 Å². The monoisotopic (exact) mass is 277 g/mol. The summed E-state index contributed by atoms with van der Waals surface area (Å²) in [4.78, 5) is 14.2. The van der Waals surface area contributed by atoms with Crippen LogP contribution in [0.4, 0.5) is 0 Å².